The molecule has 3 N–H and O–H groups in total. The van der Waals surface area contributed by atoms with Crippen molar-refractivity contribution in [2.75, 3.05) is 5.32 Å². The maximum Gasteiger partial charge on any atom is 0.239 e. The molecule has 21 heavy (non-hydrogen) atoms. The average molecular weight is 309 g/mol. The number of carbonyl (C=O) groups is 1. The highest BCUT2D eigenvalue weighted by Crippen LogP contribution is 2.28. The van der Waals surface area contributed by atoms with Crippen molar-refractivity contribution in [2.24, 2.45) is 5.73 Å². The molecule has 6 heteroatoms. The van der Waals surface area contributed by atoms with Crippen LogP contribution in [0.3, 0.4) is 0 Å². The molecule has 0 radical (unpaired) electrons. The molecule has 0 unspecified atom stereocenters. The minimum absolute atomic E-state index is 0.304. The number of ether oxygens (including phenoxy) is 1. The molecule has 0 saturated carbocycles. The topological polar surface area (TPSA) is 77.5 Å². The van der Waals surface area contributed by atoms with Gasteiger partial charge in [0, 0.05) is 5.69 Å². The van der Waals surface area contributed by atoms with Gasteiger partial charge in [-0.05, 0) is 36.8 Å². The van der Waals surface area contributed by atoms with Gasteiger partial charge in [0.2, 0.25) is 5.91 Å². The maximum atomic E-state index is 11.2. The SMILES string of the molecule is CC[C@H](Nc1ccc(OCc2ccco2)c(Cl)c1)C(N)=O. The molecule has 0 saturated heterocycles. The minimum Gasteiger partial charge on any atom is -0.484 e. The lowest BCUT2D eigenvalue weighted by molar-refractivity contribution is -0.118. The zero-order valence-corrected chi connectivity index (χ0v) is 12.4. The minimum atomic E-state index is -0.420. The smallest absolute Gasteiger partial charge is 0.239 e. The standard InChI is InChI=1S/C15H17ClN2O3/c1-2-13(15(17)19)18-10-5-6-14(12(16)8-10)21-9-11-4-3-7-20-11/h3-8,13,18H,2,9H2,1H3,(H2,17,19)/t13-/m0/s1. The second-order valence-electron chi connectivity index (χ2n) is 4.52. The molecule has 1 atom stereocenters. The van der Waals surface area contributed by atoms with Gasteiger partial charge in [-0.3, -0.25) is 4.79 Å². The van der Waals surface area contributed by atoms with Crippen molar-refractivity contribution in [3.05, 3.63) is 47.4 Å². The molecule has 112 valence electrons. The van der Waals surface area contributed by atoms with Crippen LogP contribution in [0.4, 0.5) is 5.69 Å². The number of benzene rings is 1. The van der Waals surface area contributed by atoms with Gasteiger partial charge in [-0.2, -0.15) is 0 Å². The molecule has 0 spiro atoms. The lowest BCUT2D eigenvalue weighted by atomic mass is 10.2. The molecular formula is C15H17ClN2O3. The fourth-order valence-corrected chi connectivity index (χ4v) is 2.06. The summed E-state index contributed by atoms with van der Waals surface area (Å²) in [5, 5.41) is 3.48. The van der Waals surface area contributed by atoms with Crippen molar-refractivity contribution in [3.63, 3.8) is 0 Å². The van der Waals surface area contributed by atoms with Gasteiger partial charge in [-0.15, -0.1) is 0 Å². The number of anilines is 1. The highest BCUT2D eigenvalue weighted by molar-refractivity contribution is 6.32. The summed E-state index contributed by atoms with van der Waals surface area (Å²) >= 11 is 6.16. The molecule has 2 rings (SSSR count). The first-order chi connectivity index (χ1) is 10.1. The molecule has 1 heterocycles. The van der Waals surface area contributed by atoms with Crippen LogP contribution in [0.2, 0.25) is 5.02 Å². The normalized spacial score (nSPS) is 11.9. The highest BCUT2D eigenvalue weighted by atomic mass is 35.5. The number of furan rings is 1. The highest BCUT2D eigenvalue weighted by Gasteiger charge is 2.13. The zero-order valence-electron chi connectivity index (χ0n) is 11.6. The van der Waals surface area contributed by atoms with Gasteiger partial charge in [-0.1, -0.05) is 18.5 Å². The summed E-state index contributed by atoms with van der Waals surface area (Å²) in [7, 11) is 0. The van der Waals surface area contributed by atoms with E-state index >= 15 is 0 Å². The van der Waals surface area contributed by atoms with Crippen LogP contribution in [0, 0.1) is 0 Å². The number of nitrogens with two attached hydrogens (primary N) is 1. The van der Waals surface area contributed by atoms with E-state index in [1.54, 1.807) is 30.5 Å². The van der Waals surface area contributed by atoms with Crippen LogP contribution in [-0.4, -0.2) is 11.9 Å². The van der Waals surface area contributed by atoms with E-state index in [1.807, 2.05) is 13.0 Å². The molecule has 5 nitrogen and oxygen atoms in total. The van der Waals surface area contributed by atoms with Crippen LogP contribution in [-0.2, 0) is 11.4 Å². The van der Waals surface area contributed by atoms with Gasteiger partial charge < -0.3 is 20.2 Å². The van der Waals surface area contributed by atoms with E-state index in [1.165, 1.54) is 0 Å². The number of hydrogen-bond donors (Lipinski definition) is 2. The fourth-order valence-electron chi connectivity index (χ4n) is 1.83. The summed E-state index contributed by atoms with van der Waals surface area (Å²) in [5.41, 5.74) is 6.01. The van der Waals surface area contributed by atoms with Gasteiger partial charge >= 0.3 is 0 Å². The molecule has 1 aromatic heterocycles. The van der Waals surface area contributed by atoms with Crippen LogP contribution in [0.25, 0.3) is 0 Å². The van der Waals surface area contributed by atoms with E-state index in [-0.39, 0.29) is 0 Å². The Kier molecular flexibility index (Phi) is 5.11. The quantitative estimate of drug-likeness (QED) is 0.823. The average Bonchev–Trinajstić information content (AvgIpc) is 2.96. The van der Waals surface area contributed by atoms with Crippen molar-refractivity contribution in [1.82, 2.24) is 0 Å². The van der Waals surface area contributed by atoms with E-state index in [0.29, 0.717) is 29.6 Å². The lowest BCUT2D eigenvalue weighted by Crippen LogP contribution is -2.34. The Labute approximate surface area is 128 Å². The second kappa shape index (κ2) is 7.04. The number of primary amides is 1. The first kappa shape index (κ1) is 15.3. The summed E-state index contributed by atoms with van der Waals surface area (Å²) < 4.78 is 10.8. The summed E-state index contributed by atoms with van der Waals surface area (Å²) in [6, 6.07) is 8.42. The molecule has 0 aliphatic rings. The predicted molar refractivity (Wildman–Crippen MR) is 81.4 cm³/mol. The van der Waals surface area contributed by atoms with Gasteiger partial charge in [0.05, 0.1) is 11.3 Å². The van der Waals surface area contributed by atoms with E-state index in [4.69, 9.17) is 26.5 Å². The van der Waals surface area contributed by atoms with E-state index in [0.717, 1.165) is 5.69 Å². The van der Waals surface area contributed by atoms with E-state index < -0.39 is 11.9 Å². The Morgan fingerprint density at radius 2 is 2.29 bits per heavy atom. The molecule has 1 amide bonds. The number of hydrogen-bond acceptors (Lipinski definition) is 4. The number of halogens is 1. The summed E-state index contributed by atoms with van der Waals surface area (Å²) in [6.45, 7) is 2.18. The predicted octanol–water partition coefficient (Wildman–Crippen LogP) is 3.19. The zero-order chi connectivity index (χ0) is 15.2. The van der Waals surface area contributed by atoms with Gasteiger partial charge in [0.1, 0.15) is 24.2 Å². The third kappa shape index (κ3) is 4.16. The van der Waals surface area contributed by atoms with Gasteiger partial charge in [0.15, 0.2) is 0 Å². The first-order valence-electron chi connectivity index (χ1n) is 6.60. The van der Waals surface area contributed by atoms with Crippen LogP contribution in [0.5, 0.6) is 5.75 Å². The third-order valence-electron chi connectivity index (χ3n) is 2.97. The molecule has 0 aliphatic heterocycles. The van der Waals surface area contributed by atoms with Crippen molar-refractivity contribution < 1.29 is 13.9 Å². The Morgan fingerprint density at radius 1 is 1.48 bits per heavy atom. The monoisotopic (exact) mass is 308 g/mol. The number of carbonyl (C=O) groups excluding carboxylic acids is 1. The molecule has 0 bridgehead atoms. The molecule has 0 fully saturated rings. The van der Waals surface area contributed by atoms with Gasteiger partial charge in [0.25, 0.3) is 0 Å². The van der Waals surface area contributed by atoms with Crippen LogP contribution in [0.1, 0.15) is 19.1 Å². The number of rotatable bonds is 7. The molecule has 2 aromatic rings. The number of amides is 1. The molecule has 1 aromatic carbocycles. The first-order valence-corrected chi connectivity index (χ1v) is 6.98. The Morgan fingerprint density at radius 3 is 2.86 bits per heavy atom. The number of nitrogens with one attached hydrogen (secondary N) is 1. The third-order valence-corrected chi connectivity index (χ3v) is 3.27. The van der Waals surface area contributed by atoms with Crippen LogP contribution >= 0.6 is 11.6 Å². The fraction of sp³-hybridized carbons (Fsp3) is 0.267. The Hall–Kier alpha value is -2.14. The molecular weight excluding hydrogens is 292 g/mol. The second-order valence-corrected chi connectivity index (χ2v) is 4.93. The van der Waals surface area contributed by atoms with E-state index in [9.17, 15) is 4.79 Å². The summed E-state index contributed by atoms with van der Waals surface area (Å²) in [4.78, 5) is 11.2. The van der Waals surface area contributed by atoms with Gasteiger partial charge in [-0.25, -0.2) is 0 Å². The lowest BCUT2D eigenvalue weighted by Gasteiger charge is -2.15. The van der Waals surface area contributed by atoms with Crippen LogP contribution in [0.15, 0.2) is 41.0 Å². The maximum absolute atomic E-state index is 11.2. The molecule has 0 aliphatic carbocycles. The van der Waals surface area contributed by atoms with E-state index in [2.05, 4.69) is 5.32 Å². The van der Waals surface area contributed by atoms with Crippen molar-refractivity contribution in [3.8, 4) is 5.75 Å². The summed E-state index contributed by atoms with van der Waals surface area (Å²) in [5.74, 6) is 0.866. The van der Waals surface area contributed by atoms with Crippen molar-refractivity contribution >= 4 is 23.2 Å². The van der Waals surface area contributed by atoms with Crippen molar-refractivity contribution in [1.29, 1.82) is 0 Å². The largest absolute Gasteiger partial charge is 0.484 e. The van der Waals surface area contributed by atoms with Crippen molar-refractivity contribution in [2.45, 2.75) is 26.0 Å². The van der Waals surface area contributed by atoms with Crippen LogP contribution < -0.4 is 15.8 Å². The Bertz CT molecular complexity index is 599. The summed E-state index contributed by atoms with van der Waals surface area (Å²) in [6.07, 6.45) is 2.19. The Balaban J connectivity index is 2.01.